The third-order valence-electron chi connectivity index (χ3n) is 2.77. The number of ether oxygens (including phenoxy) is 1. The molecule has 0 bridgehead atoms. The molecular formula is C13H17N3OS. The highest BCUT2D eigenvalue weighted by Crippen LogP contribution is 2.35. The van der Waals surface area contributed by atoms with Gasteiger partial charge in [0.25, 0.3) is 0 Å². The van der Waals surface area contributed by atoms with Gasteiger partial charge in [-0.1, -0.05) is 19.9 Å². The van der Waals surface area contributed by atoms with E-state index in [-0.39, 0.29) is 0 Å². The van der Waals surface area contributed by atoms with Gasteiger partial charge < -0.3 is 10.2 Å². The Morgan fingerprint density at radius 3 is 2.72 bits per heavy atom. The Kier molecular flexibility index (Phi) is 3.84. The molecule has 4 nitrogen and oxygen atoms in total. The van der Waals surface area contributed by atoms with Gasteiger partial charge in [-0.3, -0.25) is 0 Å². The van der Waals surface area contributed by atoms with Crippen LogP contribution in [0.3, 0.4) is 0 Å². The first-order valence-electron chi connectivity index (χ1n) is 5.76. The molecule has 1 aromatic heterocycles. The highest BCUT2D eigenvalue weighted by atomic mass is 32.1. The minimum Gasteiger partial charge on any atom is -0.496 e. The molecule has 18 heavy (non-hydrogen) atoms. The molecule has 0 aliphatic carbocycles. The number of nitrogen functional groups attached to an aromatic ring is 1. The van der Waals surface area contributed by atoms with E-state index in [1.165, 1.54) is 16.9 Å². The minimum absolute atomic E-state index is 0.477. The monoisotopic (exact) mass is 263 g/mol. The number of rotatable bonds is 4. The molecule has 1 aromatic carbocycles. The molecule has 0 amide bonds. The maximum absolute atomic E-state index is 5.45. The van der Waals surface area contributed by atoms with Crippen LogP contribution in [0.25, 0.3) is 10.6 Å². The fraction of sp³-hybridized carbons (Fsp3) is 0.308. The summed E-state index contributed by atoms with van der Waals surface area (Å²) in [6.07, 6.45) is 0. The molecule has 0 aliphatic rings. The van der Waals surface area contributed by atoms with Crippen LogP contribution >= 0.6 is 11.3 Å². The van der Waals surface area contributed by atoms with E-state index >= 15 is 0 Å². The maximum Gasteiger partial charge on any atom is 0.151 e. The highest BCUT2D eigenvalue weighted by molar-refractivity contribution is 7.13. The smallest absolute Gasteiger partial charge is 0.151 e. The van der Waals surface area contributed by atoms with Gasteiger partial charge >= 0.3 is 0 Å². The van der Waals surface area contributed by atoms with E-state index in [0.717, 1.165) is 16.3 Å². The van der Waals surface area contributed by atoms with Crippen LogP contribution in [0.1, 0.15) is 25.3 Å². The van der Waals surface area contributed by atoms with Crippen molar-refractivity contribution < 1.29 is 4.74 Å². The molecule has 0 spiro atoms. The Labute approximate surface area is 111 Å². The molecule has 0 radical (unpaired) electrons. The van der Waals surface area contributed by atoms with E-state index < -0.39 is 0 Å². The molecule has 2 aromatic rings. The maximum atomic E-state index is 5.45. The van der Waals surface area contributed by atoms with Gasteiger partial charge in [0.15, 0.2) is 5.82 Å². The number of nitrogens with two attached hydrogens (primary N) is 1. The van der Waals surface area contributed by atoms with Gasteiger partial charge in [-0.05, 0) is 23.6 Å². The first kappa shape index (κ1) is 12.9. The van der Waals surface area contributed by atoms with Crippen molar-refractivity contribution in [3.8, 4) is 16.3 Å². The first-order valence-corrected chi connectivity index (χ1v) is 6.64. The quantitative estimate of drug-likeness (QED) is 0.657. The van der Waals surface area contributed by atoms with Gasteiger partial charge in [-0.15, -0.1) is 11.3 Å². The number of hydrogen-bond donors (Lipinski definition) is 2. The van der Waals surface area contributed by atoms with Gasteiger partial charge in [-0.25, -0.2) is 10.8 Å². The standard InChI is InChI=1S/C13H17N3OS/c1-8(2)9-4-5-10(11(6-9)17-3)13-15-12(16-14)7-18-13/h4-8,16H,14H2,1-3H3. The molecule has 1 heterocycles. The van der Waals surface area contributed by atoms with Crippen molar-refractivity contribution in [1.29, 1.82) is 0 Å². The lowest BCUT2D eigenvalue weighted by Crippen LogP contribution is -2.06. The number of hydrogen-bond acceptors (Lipinski definition) is 5. The number of nitrogens with zero attached hydrogens (tertiary/aromatic N) is 1. The molecule has 5 heteroatoms. The summed E-state index contributed by atoms with van der Waals surface area (Å²) < 4.78 is 5.45. The van der Waals surface area contributed by atoms with Gasteiger partial charge in [0.05, 0.1) is 12.7 Å². The summed E-state index contributed by atoms with van der Waals surface area (Å²) in [6.45, 7) is 4.32. The zero-order valence-corrected chi connectivity index (χ0v) is 11.5. The van der Waals surface area contributed by atoms with E-state index in [9.17, 15) is 0 Å². The van der Waals surface area contributed by atoms with Crippen molar-refractivity contribution in [1.82, 2.24) is 4.98 Å². The molecule has 0 fully saturated rings. The third-order valence-corrected chi connectivity index (χ3v) is 3.65. The summed E-state index contributed by atoms with van der Waals surface area (Å²) in [5, 5.41) is 2.78. The molecule has 0 atom stereocenters. The predicted octanol–water partition coefficient (Wildman–Crippen LogP) is 3.23. The second kappa shape index (κ2) is 5.37. The van der Waals surface area contributed by atoms with Crippen molar-refractivity contribution in [2.45, 2.75) is 19.8 Å². The molecule has 0 unspecified atom stereocenters. The van der Waals surface area contributed by atoms with Crippen molar-refractivity contribution >= 4 is 17.2 Å². The van der Waals surface area contributed by atoms with E-state index in [1.54, 1.807) is 7.11 Å². The van der Waals surface area contributed by atoms with Gasteiger partial charge in [0.2, 0.25) is 0 Å². The van der Waals surface area contributed by atoms with Crippen LogP contribution in [-0.4, -0.2) is 12.1 Å². The Hall–Kier alpha value is -1.59. The van der Waals surface area contributed by atoms with Crippen LogP contribution in [-0.2, 0) is 0 Å². The summed E-state index contributed by atoms with van der Waals surface area (Å²) in [4.78, 5) is 4.38. The summed E-state index contributed by atoms with van der Waals surface area (Å²) in [6, 6.07) is 6.23. The van der Waals surface area contributed by atoms with E-state index in [2.05, 4.69) is 36.4 Å². The van der Waals surface area contributed by atoms with Crippen molar-refractivity contribution in [3.63, 3.8) is 0 Å². The summed E-state index contributed by atoms with van der Waals surface area (Å²) in [5.41, 5.74) is 4.79. The second-order valence-electron chi connectivity index (χ2n) is 4.30. The molecule has 2 rings (SSSR count). The van der Waals surface area contributed by atoms with Crippen molar-refractivity contribution in [2.75, 3.05) is 12.5 Å². The van der Waals surface area contributed by atoms with Crippen LogP contribution in [0.5, 0.6) is 5.75 Å². The van der Waals surface area contributed by atoms with Crippen LogP contribution in [0, 0.1) is 0 Å². The molecule has 0 aliphatic heterocycles. The van der Waals surface area contributed by atoms with Crippen LogP contribution < -0.4 is 16.0 Å². The van der Waals surface area contributed by atoms with E-state index in [0.29, 0.717) is 11.7 Å². The third kappa shape index (κ3) is 2.47. The first-order chi connectivity index (χ1) is 8.65. The summed E-state index contributed by atoms with van der Waals surface area (Å²) >= 11 is 1.54. The van der Waals surface area contributed by atoms with Gasteiger partial charge in [0, 0.05) is 5.38 Å². The molecule has 96 valence electrons. The van der Waals surface area contributed by atoms with E-state index in [4.69, 9.17) is 10.6 Å². The fourth-order valence-electron chi connectivity index (χ4n) is 1.71. The van der Waals surface area contributed by atoms with Crippen LogP contribution in [0.2, 0.25) is 0 Å². The van der Waals surface area contributed by atoms with Crippen molar-refractivity contribution in [2.24, 2.45) is 5.84 Å². The number of aromatic nitrogens is 1. The highest BCUT2D eigenvalue weighted by Gasteiger charge is 2.12. The van der Waals surface area contributed by atoms with Crippen LogP contribution in [0.4, 0.5) is 5.82 Å². The Morgan fingerprint density at radius 2 is 2.17 bits per heavy atom. The number of methoxy groups -OCH3 is 1. The largest absolute Gasteiger partial charge is 0.496 e. The normalized spacial score (nSPS) is 10.7. The lowest BCUT2D eigenvalue weighted by Gasteiger charge is -2.11. The lowest BCUT2D eigenvalue weighted by molar-refractivity contribution is 0.415. The van der Waals surface area contributed by atoms with E-state index in [1.807, 2.05) is 11.4 Å². The SMILES string of the molecule is COc1cc(C(C)C)ccc1-c1nc(NN)cs1. The zero-order valence-electron chi connectivity index (χ0n) is 10.7. The predicted molar refractivity (Wildman–Crippen MR) is 76.0 cm³/mol. The molecule has 3 N–H and O–H groups in total. The Bertz CT molecular complexity index is 537. The second-order valence-corrected chi connectivity index (χ2v) is 5.15. The number of anilines is 1. The number of nitrogens with one attached hydrogen (secondary N) is 1. The number of hydrazine groups is 1. The topological polar surface area (TPSA) is 60.2 Å². The number of benzene rings is 1. The van der Waals surface area contributed by atoms with Crippen LogP contribution in [0.15, 0.2) is 23.6 Å². The van der Waals surface area contributed by atoms with Gasteiger partial charge in [-0.2, -0.15) is 0 Å². The molecular weight excluding hydrogens is 246 g/mol. The number of thiazole rings is 1. The summed E-state index contributed by atoms with van der Waals surface area (Å²) in [7, 11) is 1.68. The average molecular weight is 263 g/mol. The average Bonchev–Trinajstić information content (AvgIpc) is 2.86. The minimum atomic E-state index is 0.477. The van der Waals surface area contributed by atoms with Gasteiger partial charge in [0.1, 0.15) is 10.8 Å². The van der Waals surface area contributed by atoms with Crippen molar-refractivity contribution in [3.05, 3.63) is 29.1 Å². The Balaban J connectivity index is 2.44. The molecule has 0 saturated carbocycles. The Morgan fingerprint density at radius 1 is 1.39 bits per heavy atom. The lowest BCUT2D eigenvalue weighted by atomic mass is 10.0. The zero-order chi connectivity index (χ0) is 13.1. The molecule has 0 saturated heterocycles. The fourth-order valence-corrected chi connectivity index (χ4v) is 2.50. The summed E-state index contributed by atoms with van der Waals surface area (Å²) in [5.74, 6) is 7.33.